The largest absolute Gasteiger partial charge is 0.327 e. The van der Waals surface area contributed by atoms with E-state index in [9.17, 15) is 9.18 Å². The molecule has 1 atom stereocenters. The summed E-state index contributed by atoms with van der Waals surface area (Å²) in [7, 11) is 0. The van der Waals surface area contributed by atoms with E-state index in [0.29, 0.717) is 22.7 Å². The molecule has 0 radical (unpaired) electrons. The summed E-state index contributed by atoms with van der Waals surface area (Å²) in [5.74, 6) is -0.593. The van der Waals surface area contributed by atoms with Gasteiger partial charge in [-0.15, -0.1) is 0 Å². The minimum absolute atomic E-state index is 0.138. The molecule has 3 rings (SSSR count). The Balaban J connectivity index is 1.94. The van der Waals surface area contributed by atoms with Crippen LogP contribution >= 0.6 is 23.2 Å². The molecule has 1 aliphatic heterocycles. The van der Waals surface area contributed by atoms with Gasteiger partial charge in [0, 0.05) is 11.6 Å². The molecule has 2 nitrogen and oxygen atoms in total. The number of nitrogens with zero attached hydrogens (tertiary/aromatic N) is 1. The highest BCUT2D eigenvalue weighted by Gasteiger charge is 2.33. The van der Waals surface area contributed by atoms with Gasteiger partial charge in [0.1, 0.15) is 5.82 Å². The molecule has 0 saturated heterocycles. The van der Waals surface area contributed by atoms with E-state index in [0.717, 1.165) is 5.56 Å². The molecule has 0 unspecified atom stereocenters. The Morgan fingerprint density at radius 2 is 1.86 bits per heavy atom. The third-order valence-electron chi connectivity index (χ3n) is 3.77. The number of amides is 1. The van der Waals surface area contributed by atoms with Crippen molar-refractivity contribution in [2.75, 3.05) is 0 Å². The molecule has 1 heterocycles. The fourth-order valence-electron chi connectivity index (χ4n) is 2.62. The zero-order valence-corrected chi connectivity index (χ0v) is 12.7. The van der Waals surface area contributed by atoms with Crippen molar-refractivity contribution in [2.45, 2.75) is 19.5 Å². The molecule has 1 amide bonds. The van der Waals surface area contributed by atoms with Crippen molar-refractivity contribution in [3.05, 3.63) is 69.0 Å². The maximum atomic E-state index is 13.4. The van der Waals surface area contributed by atoms with Crippen LogP contribution < -0.4 is 0 Å². The molecule has 108 valence electrons. The summed E-state index contributed by atoms with van der Waals surface area (Å²) in [6.45, 7) is 2.28. The van der Waals surface area contributed by atoms with Crippen LogP contribution in [0.4, 0.5) is 4.39 Å². The van der Waals surface area contributed by atoms with Crippen molar-refractivity contribution in [3.63, 3.8) is 0 Å². The van der Waals surface area contributed by atoms with Gasteiger partial charge < -0.3 is 4.90 Å². The second-order valence-electron chi connectivity index (χ2n) is 5.08. The van der Waals surface area contributed by atoms with Crippen molar-refractivity contribution >= 4 is 29.1 Å². The summed E-state index contributed by atoms with van der Waals surface area (Å²) in [5.41, 5.74) is 2.00. The first-order chi connectivity index (χ1) is 9.97. The maximum absolute atomic E-state index is 13.4. The van der Waals surface area contributed by atoms with E-state index in [4.69, 9.17) is 23.2 Å². The average Bonchev–Trinajstić information content (AvgIpc) is 2.76. The number of benzene rings is 2. The van der Waals surface area contributed by atoms with Crippen molar-refractivity contribution in [3.8, 4) is 0 Å². The lowest BCUT2D eigenvalue weighted by molar-refractivity contribution is 0.0716. The first kappa shape index (κ1) is 14.4. The highest BCUT2D eigenvalue weighted by atomic mass is 35.5. The molecule has 2 aromatic rings. The lowest BCUT2D eigenvalue weighted by Crippen LogP contribution is -2.27. The van der Waals surface area contributed by atoms with Crippen LogP contribution in [-0.2, 0) is 6.54 Å². The summed E-state index contributed by atoms with van der Waals surface area (Å²) >= 11 is 11.9. The fourth-order valence-corrected chi connectivity index (χ4v) is 3.06. The molecule has 1 aliphatic rings. The number of hydrogen-bond donors (Lipinski definition) is 0. The van der Waals surface area contributed by atoms with E-state index in [-0.39, 0.29) is 17.0 Å². The van der Waals surface area contributed by atoms with Crippen LogP contribution in [0.3, 0.4) is 0 Å². The molecular weight excluding hydrogens is 312 g/mol. The molecule has 0 bridgehead atoms. The zero-order chi connectivity index (χ0) is 15.1. The molecule has 0 aliphatic carbocycles. The van der Waals surface area contributed by atoms with Crippen molar-refractivity contribution < 1.29 is 9.18 Å². The monoisotopic (exact) mass is 323 g/mol. The average molecular weight is 324 g/mol. The van der Waals surface area contributed by atoms with E-state index in [1.165, 1.54) is 12.1 Å². The fraction of sp³-hybridized carbons (Fsp3) is 0.188. The normalized spacial score (nSPS) is 15.2. The van der Waals surface area contributed by atoms with Crippen LogP contribution in [0.5, 0.6) is 0 Å². The van der Waals surface area contributed by atoms with E-state index in [1.54, 1.807) is 17.0 Å². The highest BCUT2D eigenvalue weighted by molar-refractivity contribution is 6.34. The van der Waals surface area contributed by atoms with E-state index in [1.807, 2.05) is 19.1 Å². The quantitative estimate of drug-likeness (QED) is 0.773. The molecule has 0 saturated carbocycles. The van der Waals surface area contributed by atoms with Gasteiger partial charge in [0.25, 0.3) is 5.91 Å². The molecule has 0 N–H and O–H groups in total. The van der Waals surface area contributed by atoms with E-state index >= 15 is 0 Å². The van der Waals surface area contributed by atoms with E-state index < -0.39 is 5.82 Å². The molecule has 0 aromatic heterocycles. The first-order valence-electron chi connectivity index (χ1n) is 6.51. The van der Waals surface area contributed by atoms with Crippen LogP contribution in [0.1, 0.15) is 34.5 Å². The molecule has 0 spiro atoms. The maximum Gasteiger partial charge on any atom is 0.256 e. The minimum Gasteiger partial charge on any atom is -0.327 e. The Labute approximate surface area is 132 Å². The van der Waals surface area contributed by atoms with Crippen molar-refractivity contribution in [2.24, 2.45) is 0 Å². The predicted molar refractivity (Wildman–Crippen MR) is 81.2 cm³/mol. The molecule has 2 aromatic carbocycles. The van der Waals surface area contributed by atoms with Gasteiger partial charge in [0.15, 0.2) is 0 Å². The van der Waals surface area contributed by atoms with Crippen molar-refractivity contribution in [1.82, 2.24) is 4.90 Å². The van der Waals surface area contributed by atoms with Gasteiger partial charge in [-0.3, -0.25) is 4.79 Å². The van der Waals surface area contributed by atoms with Gasteiger partial charge in [-0.2, -0.15) is 0 Å². The lowest BCUT2D eigenvalue weighted by Gasteiger charge is -2.24. The third-order valence-corrected chi connectivity index (χ3v) is 4.32. The van der Waals surface area contributed by atoms with Gasteiger partial charge in [0.2, 0.25) is 0 Å². The Kier molecular flexibility index (Phi) is 3.64. The van der Waals surface area contributed by atoms with E-state index in [2.05, 4.69) is 0 Å². The van der Waals surface area contributed by atoms with Crippen LogP contribution in [0.25, 0.3) is 0 Å². The number of carbonyl (C=O) groups is 1. The van der Waals surface area contributed by atoms with Crippen LogP contribution in [-0.4, -0.2) is 10.8 Å². The standard InChI is InChI=1S/C16H12Cl2FNO/c1-9(10-2-4-12(17)5-3-10)20-8-11-6-13(19)7-14(18)15(11)16(20)21/h2-7,9H,8H2,1H3/t9-/m0/s1. The Bertz CT molecular complexity index is 715. The summed E-state index contributed by atoms with van der Waals surface area (Å²) in [6, 6.07) is 9.74. The second kappa shape index (κ2) is 5.32. The molecule has 21 heavy (non-hydrogen) atoms. The van der Waals surface area contributed by atoms with Crippen molar-refractivity contribution in [1.29, 1.82) is 0 Å². The highest BCUT2D eigenvalue weighted by Crippen LogP contribution is 2.35. The Morgan fingerprint density at radius 3 is 2.52 bits per heavy atom. The van der Waals surface area contributed by atoms with Gasteiger partial charge in [-0.05, 0) is 42.3 Å². The number of carbonyl (C=O) groups excluding carboxylic acids is 1. The van der Waals surface area contributed by atoms with Gasteiger partial charge in [0.05, 0.1) is 16.6 Å². The third kappa shape index (κ3) is 2.52. The summed E-state index contributed by atoms with van der Waals surface area (Å²) in [4.78, 5) is 14.2. The molecule has 0 fully saturated rings. The topological polar surface area (TPSA) is 20.3 Å². The van der Waals surface area contributed by atoms with Gasteiger partial charge >= 0.3 is 0 Å². The number of halogens is 3. The lowest BCUT2D eigenvalue weighted by atomic mass is 10.1. The summed E-state index contributed by atoms with van der Waals surface area (Å²) in [6.07, 6.45) is 0. The summed E-state index contributed by atoms with van der Waals surface area (Å²) in [5, 5.41) is 0.813. The molecular formula is C16H12Cl2FNO. The van der Waals surface area contributed by atoms with Crippen LogP contribution in [0, 0.1) is 5.82 Å². The smallest absolute Gasteiger partial charge is 0.256 e. The van der Waals surface area contributed by atoms with Crippen LogP contribution in [0.2, 0.25) is 10.0 Å². The zero-order valence-electron chi connectivity index (χ0n) is 11.2. The summed E-state index contributed by atoms with van der Waals surface area (Å²) < 4.78 is 13.4. The predicted octanol–water partition coefficient (Wildman–Crippen LogP) is 4.85. The Morgan fingerprint density at radius 1 is 1.19 bits per heavy atom. The van der Waals surface area contributed by atoms with Crippen LogP contribution in [0.15, 0.2) is 36.4 Å². The number of rotatable bonds is 2. The first-order valence-corrected chi connectivity index (χ1v) is 7.27. The molecule has 5 heteroatoms. The van der Waals surface area contributed by atoms with Gasteiger partial charge in [-0.25, -0.2) is 4.39 Å². The Hall–Kier alpha value is -1.58. The number of fused-ring (bicyclic) bond motifs is 1. The SMILES string of the molecule is C[C@@H](c1ccc(Cl)cc1)N1Cc2cc(F)cc(Cl)c2C1=O. The number of hydrogen-bond acceptors (Lipinski definition) is 1. The minimum atomic E-state index is -0.424. The van der Waals surface area contributed by atoms with Gasteiger partial charge in [-0.1, -0.05) is 35.3 Å². The second-order valence-corrected chi connectivity index (χ2v) is 5.93.